The molecule has 0 heterocycles. The van der Waals surface area contributed by atoms with Gasteiger partial charge in [0.2, 0.25) is 11.8 Å². The number of nitrogens with one attached hydrogen (secondary N) is 2. The Labute approximate surface area is 173 Å². The largest absolute Gasteiger partial charge is 0.352 e. The number of carbonyl (C=O) groups is 3. The predicted molar refractivity (Wildman–Crippen MR) is 113 cm³/mol. The summed E-state index contributed by atoms with van der Waals surface area (Å²) in [5.74, 6) is -0.716. The second-order valence-electron chi connectivity index (χ2n) is 6.56. The Bertz CT molecular complexity index is 866. The summed E-state index contributed by atoms with van der Waals surface area (Å²) in [6, 6.07) is 12.6. The molecule has 0 atom stereocenters. The van der Waals surface area contributed by atoms with Crippen LogP contribution in [-0.2, 0) is 9.59 Å². The molecular formula is C21H24BrN3O3. The van der Waals surface area contributed by atoms with Gasteiger partial charge in [0.25, 0.3) is 5.91 Å². The third-order valence-corrected chi connectivity index (χ3v) is 4.94. The van der Waals surface area contributed by atoms with Crippen molar-refractivity contribution in [2.24, 2.45) is 0 Å². The lowest BCUT2D eigenvalue weighted by Gasteiger charge is -2.18. The zero-order chi connectivity index (χ0) is 20.7. The van der Waals surface area contributed by atoms with Gasteiger partial charge in [0, 0.05) is 35.7 Å². The van der Waals surface area contributed by atoms with E-state index in [1.54, 1.807) is 31.3 Å². The van der Waals surface area contributed by atoms with Crippen LogP contribution in [0.4, 0.5) is 5.69 Å². The lowest BCUT2D eigenvalue weighted by Crippen LogP contribution is -2.37. The molecule has 2 N–H and O–H groups in total. The highest BCUT2D eigenvalue weighted by molar-refractivity contribution is 9.10. The lowest BCUT2D eigenvalue weighted by molar-refractivity contribution is -0.133. The second kappa shape index (κ2) is 10.0. The molecule has 3 amide bonds. The van der Waals surface area contributed by atoms with Crippen LogP contribution in [-0.4, -0.2) is 42.8 Å². The molecule has 0 aliphatic heterocycles. The average molecular weight is 446 g/mol. The third kappa shape index (κ3) is 6.20. The van der Waals surface area contributed by atoms with E-state index in [-0.39, 0.29) is 37.2 Å². The van der Waals surface area contributed by atoms with E-state index in [9.17, 15) is 14.4 Å². The summed E-state index contributed by atoms with van der Waals surface area (Å²) in [7, 11) is 1.57. The average Bonchev–Trinajstić information content (AvgIpc) is 2.65. The van der Waals surface area contributed by atoms with Gasteiger partial charge in [-0.05, 0) is 55.3 Å². The molecule has 28 heavy (non-hydrogen) atoms. The molecule has 0 bridgehead atoms. The molecule has 148 valence electrons. The molecule has 0 fully saturated rings. The quantitative estimate of drug-likeness (QED) is 0.685. The number of carbonyl (C=O) groups excluding carboxylic acids is 3. The first-order valence-electron chi connectivity index (χ1n) is 8.91. The Morgan fingerprint density at radius 3 is 2.39 bits per heavy atom. The minimum absolute atomic E-state index is 0.0487. The number of nitrogens with zero attached hydrogens (tertiary/aromatic N) is 1. The Balaban J connectivity index is 1.77. The van der Waals surface area contributed by atoms with Crippen LogP contribution >= 0.6 is 15.9 Å². The van der Waals surface area contributed by atoms with Crippen LogP contribution in [0.25, 0.3) is 0 Å². The number of benzene rings is 2. The smallest absolute Gasteiger partial charge is 0.251 e. The van der Waals surface area contributed by atoms with Crippen molar-refractivity contribution in [2.75, 3.05) is 25.5 Å². The first kappa shape index (κ1) is 21.6. The summed E-state index contributed by atoms with van der Waals surface area (Å²) in [4.78, 5) is 37.8. The third-order valence-electron chi connectivity index (χ3n) is 4.42. The van der Waals surface area contributed by atoms with Crippen molar-refractivity contribution in [3.05, 3.63) is 63.6 Å². The molecule has 0 spiro atoms. The number of hydrogen-bond donors (Lipinski definition) is 2. The minimum atomic E-state index is -0.261. The van der Waals surface area contributed by atoms with E-state index in [1.165, 1.54) is 4.90 Å². The van der Waals surface area contributed by atoms with Gasteiger partial charge in [-0.2, -0.15) is 0 Å². The van der Waals surface area contributed by atoms with Crippen molar-refractivity contribution >= 4 is 39.3 Å². The fourth-order valence-electron chi connectivity index (χ4n) is 2.56. The molecule has 0 saturated carbocycles. The van der Waals surface area contributed by atoms with E-state index in [0.717, 1.165) is 21.3 Å². The maximum absolute atomic E-state index is 12.2. The molecule has 0 aromatic heterocycles. The lowest BCUT2D eigenvalue weighted by atomic mass is 10.1. The summed E-state index contributed by atoms with van der Waals surface area (Å²) >= 11 is 3.32. The highest BCUT2D eigenvalue weighted by Gasteiger charge is 2.14. The van der Waals surface area contributed by atoms with E-state index >= 15 is 0 Å². The van der Waals surface area contributed by atoms with E-state index in [1.807, 2.05) is 32.0 Å². The Hall–Kier alpha value is -2.67. The zero-order valence-electron chi connectivity index (χ0n) is 16.2. The van der Waals surface area contributed by atoms with Gasteiger partial charge in [0.05, 0.1) is 6.54 Å². The van der Waals surface area contributed by atoms with Gasteiger partial charge < -0.3 is 15.5 Å². The zero-order valence-corrected chi connectivity index (χ0v) is 17.8. The van der Waals surface area contributed by atoms with Gasteiger partial charge in [0.15, 0.2) is 0 Å². The van der Waals surface area contributed by atoms with Crippen molar-refractivity contribution in [1.29, 1.82) is 0 Å². The first-order chi connectivity index (χ1) is 13.3. The highest BCUT2D eigenvalue weighted by atomic mass is 79.9. The van der Waals surface area contributed by atoms with Crippen molar-refractivity contribution < 1.29 is 14.4 Å². The second-order valence-corrected chi connectivity index (χ2v) is 7.47. The van der Waals surface area contributed by atoms with Crippen LogP contribution in [0.15, 0.2) is 46.9 Å². The summed E-state index contributed by atoms with van der Waals surface area (Å²) in [6.45, 7) is 4.07. The summed E-state index contributed by atoms with van der Waals surface area (Å²) in [5.41, 5.74) is 3.36. The standard InChI is InChI=1S/C21H24BrN3O3/c1-14-5-4-6-18(15(14)2)24-19(26)13-25(3)20(27)11-12-23-21(28)16-7-9-17(22)10-8-16/h4-10H,11-13H2,1-3H3,(H,23,28)(H,24,26). The van der Waals surface area contributed by atoms with Gasteiger partial charge in [-0.15, -0.1) is 0 Å². The van der Waals surface area contributed by atoms with E-state index in [4.69, 9.17) is 0 Å². The van der Waals surface area contributed by atoms with E-state index in [0.29, 0.717) is 5.56 Å². The van der Waals surface area contributed by atoms with Crippen molar-refractivity contribution in [1.82, 2.24) is 10.2 Å². The number of likely N-dealkylation sites (N-methyl/N-ethyl adjacent to an activating group) is 1. The number of anilines is 1. The maximum atomic E-state index is 12.2. The number of rotatable bonds is 7. The molecule has 0 saturated heterocycles. The molecule has 6 nitrogen and oxygen atoms in total. The van der Waals surface area contributed by atoms with Crippen LogP contribution in [0.2, 0.25) is 0 Å². The van der Waals surface area contributed by atoms with Crippen LogP contribution in [0.1, 0.15) is 27.9 Å². The van der Waals surface area contributed by atoms with Gasteiger partial charge in [-0.25, -0.2) is 0 Å². The number of hydrogen-bond acceptors (Lipinski definition) is 3. The maximum Gasteiger partial charge on any atom is 0.251 e. The molecular weight excluding hydrogens is 422 g/mol. The molecule has 2 rings (SSSR count). The van der Waals surface area contributed by atoms with E-state index < -0.39 is 0 Å². The Kier molecular flexibility index (Phi) is 7.75. The number of aryl methyl sites for hydroxylation is 1. The fourth-order valence-corrected chi connectivity index (χ4v) is 2.82. The van der Waals surface area contributed by atoms with Crippen LogP contribution < -0.4 is 10.6 Å². The number of halogens is 1. The highest BCUT2D eigenvalue weighted by Crippen LogP contribution is 2.17. The molecule has 7 heteroatoms. The summed E-state index contributed by atoms with van der Waals surface area (Å²) < 4.78 is 0.889. The van der Waals surface area contributed by atoms with E-state index in [2.05, 4.69) is 26.6 Å². The predicted octanol–water partition coefficient (Wildman–Crippen LogP) is 3.28. The molecule has 0 aliphatic rings. The van der Waals surface area contributed by atoms with Gasteiger partial charge >= 0.3 is 0 Å². The molecule has 0 aliphatic carbocycles. The monoisotopic (exact) mass is 445 g/mol. The van der Waals surface area contributed by atoms with Gasteiger partial charge in [-0.1, -0.05) is 28.1 Å². The van der Waals surface area contributed by atoms with Crippen molar-refractivity contribution in [3.63, 3.8) is 0 Å². The van der Waals surface area contributed by atoms with Crippen molar-refractivity contribution in [2.45, 2.75) is 20.3 Å². The SMILES string of the molecule is Cc1cccc(NC(=O)CN(C)C(=O)CCNC(=O)c2ccc(Br)cc2)c1C. The van der Waals surface area contributed by atoms with Crippen LogP contribution in [0.5, 0.6) is 0 Å². The number of amides is 3. The molecule has 2 aromatic rings. The van der Waals surface area contributed by atoms with Gasteiger partial charge in [0.1, 0.15) is 0 Å². The van der Waals surface area contributed by atoms with Crippen LogP contribution in [0.3, 0.4) is 0 Å². The fraction of sp³-hybridized carbons (Fsp3) is 0.286. The van der Waals surface area contributed by atoms with Crippen LogP contribution in [0, 0.1) is 13.8 Å². The Morgan fingerprint density at radius 1 is 1.04 bits per heavy atom. The normalized spacial score (nSPS) is 10.3. The topological polar surface area (TPSA) is 78.5 Å². The summed E-state index contributed by atoms with van der Waals surface area (Å²) in [6.07, 6.45) is 0.121. The summed E-state index contributed by atoms with van der Waals surface area (Å²) in [5, 5.41) is 5.54. The first-order valence-corrected chi connectivity index (χ1v) is 9.71. The van der Waals surface area contributed by atoms with Gasteiger partial charge in [-0.3, -0.25) is 14.4 Å². The molecule has 0 unspecified atom stereocenters. The minimum Gasteiger partial charge on any atom is -0.352 e. The molecule has 0 radical (unpaired) electrons. The Morgan fingerprint density at radius 2 is 1.71 bits per heavy atom. The van der Waals surface area contributed by atoms with Crippen molar-refractivity contribution in [3.8, 4) is 0 Å². The molecule has 2 aromatic carbocycles.